The molecule has 1 aliphatic rings. The van der Waals surface area contributed by atoms with Crippen LogP contribution in [0.2, 0.25) is 0 Å². The standard InChI is InChI=1S/C17H25N3O/c1-3-19(4-2)16-11-12-20(13-16)17(21)10-7-14-5-8-15(18)9-6-14/h5-10,16H,3-4,11-13,18H2,1-2H3/b10-7+. The number of likely N-dealkylation sites (N-methyl/N-ethyl adjacent to an activating group) is 1. The number of nitrogen functional groups attached to an aromatic ring is 1. The van der Waals surface area contributed by atoms with Crippen molar-refractivity contribution in [2.45, 2.75) is 26.3 Å². The summed E-state index contributed by atoms with van der Waals surface area (Å²) in [5.74, 6) is 0.0986. The molecule has 0 radical (unpaired) electrons. The van der Waals surface area contributed by atoms with Gasteiger partial charge in [-0.25, -0.2) is 0 Å². The number of hydrogen-bond acceptors (Lipinski definition) is 3. The van der Waals surface area contributed by atoms with E-state index >= 15 is 0 Å². The van der Waals surface area contributed by atoms with E-state index in [4.69, 9.17) is 5.73 Å². The number of benzene rings is 1. The number of rotatable bonds is 5. The third kappa shape index (κ3) is 4.08. The normalized spacial score (nSPS) is 18.8. The molecule has 0 bridgehead atoms. The van der Waals surface area contributed by atoms with E-state index in [1.165, 1.54) is 0 Å². The summed E-state index contributed by atoms with van der Waals surface area (Å²) in [6.07, 6.45) is 4.59. The highest BCUT2D eigenvalue weighted by Gasteiger charge is 2.27. The van der Waals surface area contributed by atoms with E-state index in [-0.39, 0.29) is 5.91 Å². The molecule has 0 aliphatic carbocycles. The lowest BCUT2D eigenvalue weighted by molar-refractivity contribution is -0.125. The maximum absolute atomic E-state index is 12.2. The van der Waals surface area contributed by atoms with Gasteiger partial charge in [-0.15, -0.1) is 0 Å². The zero-order chi connectivity index (χ0) is 15.2. The maximum atomic E-state index is 12.2. The molecule has 1 amide bonds. The molecule has 21 heavy (non-hydrogen) atoms. The van der Waals surface area contributed by atoms with Crippen LogP contribution < -0.4 is 5.73 Å². The lowest BCUT2D eigenvalue weighted by Gasteiger charge is -2.25. The van der Waals surface area contributed by atoms with Crippen LogP contribution in [0.3, 0.4) is 0 Å². The van der Waals surface area contributed by atoms with Gasteiger partial charge in [-0.05, 0) is 43.3 Å². The van der Waals surface area contributed by atoms with Crippen LogP contribution in [-0.2, 0) is 4.79 Å². The molecule has 1 saturated heterocycles. The first-order chi connectivity index (χ1) is 10.1. The fourth-order valence-corrected chi connectivity index (χ4v) is 2.86. The molecule has 2 N–H and O–H groups in total. The highest BCUT2D eigenvalue weighted by Crippen LogP contribution is 2.16. The predicted molar refractivity (Wildman–Crippen MR) is 87.8 cm³/mol. The molecule has 0 aromatic heterocycles. The highest BCUT2D eigenvalue weighted by molar-refractivity contribution is 5.92. The Labute approximate surface area is 127 Å². The Morgan fingerprint density at radius 2 is 2.00 bits per heavy atom. The molecule has 1 aromatic rings. The first-order valence-corrected chi connectivity index (χ1v) is 7.70. The monoisotopic (exact) mass is 287 g/mol. The summed E-state index contributed by atoms with van der Waals surface area (Å²) in [5.41, 5.74) is 7.38. The van der Waals surface area contributed by atoms with Crippen LogP contribution in [0.25, 0.3) is 6.08 Å². The fraction of sp³-hybridized carbons (Fsp3) is 0.471. The zero-order valence-corrected chi connectivity index (χ0v) is 13.0. The lowest BCUT2D eigenvalue weighted by atomic mass is 10.2. The molecule has 2 rings (SSSR count). The van der Waals surface area contributed by atoms with Gasteiger partial charge >= 0.3 is 0 Å². The second-order valence-corrected chi connectivity index (χ2v) is 5.45. The largest absolute Gasteiger partial charge is 0.399 e. The van der Waals surface area contributed by atoms with Crippen molar-refractivity contribution in [1.29, 1.82) is 0 Å². The summed E-state index contributed by atoms with van der Waals surface area (Å²) in [6.45, 7) is 8.14. The number of likely N-dealkylation sites (tertiary alicyclic amines) is 1. The van der Waals surface area contributed by atoms with Gasteiger partial charge in [-0.3, -0.25) is 9.69 Å². The summed E-state index contributed by atoms with van der Waals surface area (Å²) in [7, 11) is 0. The van der Waals surface area contributed by atoms with E-state index in [0.29, 0.717) is 6.04 Å². The Morgan fingerprint density at radius 3 is 2.62 bits per heavy atom. The Hall–Kier alpha value is -1.81. The lowest BCUT2D eigenvalue weighted by Crippen LogP contribution is -2.38. The molecule has 1 atom stereocenters. The summed E-state index contributed by atoms with van der Waals surface area (Å²) in [6, 6.07) is 8.03. The second kappa shape index (κ2) is 7.27. The van der Waals surface area contributed by atoms with Gasteiger partial charge in [-0.1, -0.05) is 26.0 Å². The molecular formula is C17H25N3O. The summed E-state index contributed by atoms with van der Waals surface area (Å²) >= 11 is 0. The molecule has 1 aromatic carbocycles. The number of carbonyl (C=O) groups is 1. The van der Waals surface area contributed by atoms with Crippen molar-refractivity contribution in [3.05, 3.63) is 35.9 Å². The Bertz CT molecular complexity index is 491. The minimum Gasteiger partial charge on any atom is -0.399 e. The molecule has 4 nitrogen and oxygen atoms in total. The van der Waals surface area contributed by atoms with Crippen molar-refractivity contribution < 1.29 is 4.79 Å². The highest BCUT2D eigenvalue weighted by atomic mass is 16.2. The van der Waals surface area contributed by atoms with Crippen molar-refractivity contribution >= 4 is 17.7 Å². The summed E-state index contributed by atoms with van der Waals surface area (Å²) in [5, 5.41) is 0. The van der Waals surface area contributed by atoms with Gasteiger partial charge < -0.3 is 10.6 Å². The summed E-state index contributed by atoms with van der Waals surface area (Å²) in [4.78, 5) is 16.6. The van der Waals surface area contributed by atoms with Crippen LogP contribution in [0.4, 0.5) is 5.69 Å². The molecule has 114 valence electrons. The quantitative estimate of drug-likeness (QED) is 0.667. The van der Waals surface area contributed by atoms with Crippen molar-refractivity contribution in [3.8, 4) is 0 Å². The molecule has 1 fully saturated rings. The minimum absolute atomic E-state index is 0.0986. The number of amides is 1. The van der Waals surface area contributed by atoms with E-state index in [0.717, 1.165) is 43.9 Å². The average Bonchev–Trinajstić information content (AvgIpc) is 2.97. The van der Waals surface area contributed by atoms with E-state index in [2.05, 4.69) is 18.7 Å². The van der Waals surface area contributed by atoms with Crippen LogP contribution in [-0.4, -0.2) is 47.9 Å². The van der Waals surface area contributed by atoms with Gasteiger partial charge in [0.15, 0.2) is 0 Å². The fourth-order valence-electron chi connectivity index (χ4n) is 2.86. The van der Waals surface area contributed by atoms with Crippen molar-refractivity contribution in [2.24, 2.45) is 0 Å². The van der Waals surface area contributed by atoms with Crippen LogP contribution in [0.5, 0.6) is 0 Å². The molecule has 4 heteroatoms. The smallest absolute Gasteiger partial charge is 0.246 e. The first-order valence-electron chi connectivity index (χ1n) is 7.70. The second-order valence-electron chi connectivity index (χ2n) is 5.45. The third-order valence-corrected chi connectivity index (χ3v) is 4.16. The van der Waals surface area contributed by atoms with Gasteiger partial charge in [-0.2, -0.15) is 0 Å². The predicted octanol–water partition coefficient (Wildman–Crippen LogP) is 2.22. The van der Waals surface area contributed by atoms with Gasteiger partial charge in [0, 0.05) is 30.9 Å². The minimum atomic E-state index is 0.0986. The average molecular weight is 287 g/mol. The number of nitrogens with zero attached hydrogens (tertiary/aromatic N) is 2. The van der Waals surface area contributed by atoms with Crippen molar-refractivity contribution in [3.63, 3.8) is 0 Å². The number of hydrogen-bond donors (Lipinski definition) is 1. The van der Waals surface area contributed by atoms with Gasteiger partial charge in [0.2, 0.25) is 5.91 Å². The van der Waals surface area contributed by atoms with Crippen LogP contribution in [0, 0.1) is 0 Å². The van der Waals surface area contributed by atoms with E-state index in [1.807, 2.05) is 35.2 Å². The van der Waals surface area contributed by atoms with Gasteiger partial charge in [0.1, 0.15) is 0 Å². The number of carbonyl (C=O) groups excluding carboxylic acids is 1. The van der Waals surface area contributed by atoms with E-state index < -0.39 is 0 Å². The Kier molecular flexibility index (Phi) is 5.39. The topological polar surface area (TPSA) is 49.6 Å². The molecule has 1 unspecified atom stereocenters. The number of nitrogens with two attached hydrogens (primary N) is 1. The van der Waals surface area contributed by atoms with Crippen LogP contribution >= 0.6 is 0 Å². The van der Waals surface area contributed by atoms with E-state index in [1.54, 1.807) is 6.08 Å². The maximum Gasteiger partial charge on any atom is 0.246 e. The van der Waals surface area contributed by atoms with Crippen LogP contribution in [0.15, 0.2) is 30.3 Å². The molecule has 0 saturated carbocycles. The molecule has 1 heterocycles. The van der Waals surface area contributed by atoms with Gasteiger partial charge in [0.25, 0.3) is 0 Å². The molecular weight excluding hydrogens is 262 g/mol. The van der Waals surface area contributed by atoms with Crippen LogP contribution in [0.1, 0.15) is 25.8 Å². The zero-order valence-electron chi connectivity index (χ0n) is 13.0. The Balaban J connectivity index is 1.91. The van der Waals surface area contributed by atoms with E-state index in [9.17, 15) is 4.79 Å². The SMILES string of the molecule is CCN(CC)C1CCN(C(=O)/C=C/c2ccc(N)cc2)C1. The van der Waals surface area contributed by atoms with Crippen molar-refractivity contribution in [1.82, 2.24) is 9.80 Å². The number of anilines is 1. The van der Waals surface area contributed by atoms with Crippen molar-refractivity contribution in [2.75, 3.05) is 31.9 Å². The first kappa shape index (κ1) is 15.6. The molecule has 0 spiro atoms. The summed E-state index contributed by atoms with van der Waals surface area (Å²) < 4.78 is 0. The molecule has 1 aliphatic heterocycles. The Morgan fingerprint density at radius 1 is 1.33 bits per heavy atom. The van der Waals surface area contributed by atoms with Gasteiger partial charge in [0.05, 0.1) is 0 Å². The third-order valence-electron chi connectivity index (χ3n) is 4.16.